The van der Waals surface area contributed by atoms with Crippen LogP contribution >= 0.6 is 0 Å². The lowest BCUT2D eigenvalue weighted by Gasteiger charge is -2.15. The number of sulfonamides is 1. The molecule has 2 aromatic rings. The molecule has 0 bridgehead atoms. The minimum absolute atomic E-state index is 0.269. The highest BCUT2D eigenvalue weighted by Gasteiger charge is 2.16. The first-order chi connectivity index (χ1) is 13.0. The zero-order valence-corrected chi connectivity index (χ0v) is 16.9. The van der Waals surface area contributed by atoms with E-state index in [1.165, 1.54) is 31.5 Å². The molecule has 1 heterocycles. The fourth-order valence-corrected chi connectivity index (χ4v) is 4.49. The molecule has 1 N–H and O–H groups in total. The summed E-state index contributed by atoms with van der Waals surface area (Å²) in [5, 5.41) is 0. The highest BCUT2D eigenvalue weighted by molar-refractivity contribution is 7.89. The maximum Gasteiger partial charge on any atom is 0.240 e. The van der Waals surface area contributed by atoms with Crippen molar-refractivity contribution in [2.45, 2.75) is 44.2 Å². The smallest absolute Gasteiger partial charge is 0.240 e. The first-order valence-corrected chi connectivity index (χ1v) is 11.0. The van der Waals surface area contributed by atoms with Crippen LogP contribution in [-0.4, -0.2) is 33.5 Å². The van der Waals surface area contributed by atoms with Gasteiger partial charge < -0.3 is 4.74 Å². The summed E-state index contributed by atoms with van der Waals surface area (Å²) in [6.07, 6.45) is 3.28. The second-order valence-corrected chi connectivity index (χ2v) is 8.72. The molecule has 6 heteroatoms. The second kappa shape index (κ2) is 8.87. The lowest BCUT2D eigenvalue weighted by molar-refractivity contribution is 0.331. The average molecular weight is 389 g/mol. The summed E-state index contributed by atoms with van der Waals surface area (Å²) in [6, 6.07) is 13.1. The van der Waals surface area contributed by atoms with Crippen molar-refractivity contribution in [1.82, 2.24) is 9.62 Å². The van der Waals surface area contributed by atoms with E-state index in [1.807, 2.05) is 19.1 Å². The van der Waals surface area contributed by atoms with E-state index in [1.54, 1.807) is 25.3 Å². The van der Waals surface area contributed by atoms with E-state index in [4.69, 9.17) is 4.74 Å². The first-order valence-electron chi connectivity index (χ1n) is 9.48. The van der Waals surface area contributed by atoms with E-state index >= 15 is 0 Å². The third-order valence-electron chi connectivity index (χ3n) is 5.04. The number of ether oxygens (including phenoxy) is 1. The van der Waals surface area contributed by atoms with Crippen LogP contribution in [0.4, 0.5) is 0 Å². The molecule has 2 aromatic carbocycles. The maximum absolute atomic E-state index is 12.6. The minimum Gasteiger partial charge on any atom is -0.496 e. The Balaban J connectivity index is 1.63. The monoisotopic (exact) mass is 388 g/mol. The molecule has 0 radical (unpaired) electrons. The average Bonchev–Trinajstić information content (AvgIpc) is 3.20. The molecule has 5 nitrogen and oxygen atoms in total. The first kappa shape index (κ1) is 19.9. The fourth-order valence-electron chi connectivity index (χ4n) is 3.42. The van der Waals surface area contributed by atoms with Crippen molar-refractivity contribution in [2.24, 2.45) is 0 Å². The second-order valence-electron chi connectivity index (χ2n) is 6.95. The van der Waals surface area contributed by atoms with Gasteiger partial charge in [-0.15, -0.1) is 0 Å². The van der Waals surface area contributed by atoms with Gasteiger partial charge in [0.25, 0.3) is 0 Å². The molecule has 0 atom stereocenters. The van der Waals surface area contributed by atoms with Gasteiger partial charge in [-0.3, -0.25) is 4.90 Å². The summed E-state index contributed by atoms with van der Waals surface area (Å²) < 4.78 is 33.2. The fraction of sp³-hybridized carbons (Fsp3) is 0.429. The molecule has 27 heavy (non-hydrogen) atoms. The number of rotatable bonds is 8. The number of methoxy groups -OCH3 is 1. The Morgan fingerprint density at radius 2 is 1.70 bits per heavy atom. The third kappa shape index (κ3) is 5.09. The molecule has 0 amide bonds. The number of nitrogens with one attached hydrogen (secondary N) is 1. The van der Waals surface area contributed by atoms with Crippen LogP contribution in [-0.2, 0) is 29.5 Å². The molecular formula is C21H28N2O3S. The highest BCUT2D eigenvalue weighted by atomic mass is 32.2. The zero-order chi connectivity index (χ0) is 19.3. The molecular weight excluding hydrogens is 360 g/mol. The molecule has 0 saturated carbocycles. The lowest BCUT2D eigenvalue weighted by atomic mass is 10.1. The van der Waals surface area contributed by atoms with Crippen molar-refractivity contribution in [3.05, 3.63) is 59.2 Å². The number of aryl methyl sites for hydroxylation is 1. The summed E-state index contributed by atoms with van der Waals surface area (Å²) >= 11 is 0. The van der Waals surface area contributed by atoms with Gasteiger partial charge in [0.2, 0.25) is 10.0 Å². The Morgan fingerprint density at radius 3 is 2.33 bits per heavy atom. The summed E-state index contributed by atoms with van der Waals surface area (Å²) in [6.45, 7) is 5.56. The van der Waals surface area contributed by atoms with E-state index in [2.05, 4.69) is 21.8 Å². The third-order valence-corrected chi connectivity index (χ3v) is 6.44. The minimum atomic E-state index is -3.56. The molecule has 146 valence electrons. The number of likely N-dealkylation sites (tertiary alicyclic amines) is 1. The van der Waals surface area contributed by atoms with Crippen molar-refractivity contribution >= 4 is 10.0 Å². The Labute approximate surface area is 162 Å². The summed E-state index contributed by atoms with van der Waals surface area (Å²) in [5.74, 6) is 0.713. The van der Waals surface area contributed by atoms with Gasteiger partial charge in [0, 0.05) is 13.1 Å². The van der Waals surface area contributed by atoms with Crippen molar-refractivity contribution in [3.8, 4) is 5.75 Å². The molecule has 0 spiro atoms. The van der Waals surface area contributed by atoms with Crippen LogP contribution in [0.25, 0.3) is 0 Å². The number of hydrogen-bond donors (Lipinski definition) is 1. The SMILES string of the molecule is CCc1cc(S(=O)(=O)NCc2ccc(CN3CCCC3)cc2)ccc1OC. The molecule has 0 aromatic heterocycles. The molecule has 0 unspecified atom stereocenters. The van der Waals surface area contributed by atoms with Crippen LogP contribution in [0.1, 0.15) is 36.5 Å². The van der Waals surface area contributed by atoms with Gasteiger partial charge >= 0.3 is 0 Å². The van der Waals surface area contributed by atoms with E-state index in [0.717, 1.165) is 17.7 Å². The number of hydrogen-bond acceptors (Lipinski definition) is 4. The predicted octanol–water partition coefficient (Wildman–Crippen LogP) is 3.33. The van der Waals surface area contributed by atoms with E-state index in [0.29, 0.717) is 12.2 Å². The molecule has 1 aliphatic rings. The molecule has 1 fully saturated rings. The van der Waals surface area contributed by atoms with Gasteiger partial charge in [-0.05, 0) is 67.2 Å². The Kier molecular flexibility index (Phi) is 6.52. The molecule has 1 saturated heterocycles. The van der Waals surface area contributed by atoms with Gasteiger partial charge in [-0.25, -0.2) is 13.1 Å². The van der Waals surface area contributed by atoms with Crippen LogP contribution in [0.5, 0.6) is 5.75 Å². The van der Waals surface area contributed by atoms with Crippen molar-refractivity contribution in [3.63, 3.8) is 0 Å². The topological polar surface area (TPSA) is 58.6 Å². The van der Waals surface area contributed by atoms with E-state index < -0.39 is 10.0 Å². The van der Waals surface area contributed by atoms with Crippen LogP contribution in [0, 0.1) is 0 Å². The Bertz CT molecular complexity index is 857. The molecule has 1 aliphatic heterocycles. The van der Waals surface area contributed by atoms with Gasteiger partial charge in [0.1, 0.15) is 5.75 Å². The van der Waals surface area contributed by atoms with Gasteiger partial charge in [0.05, 0.1) is 12.0 Å². The van der Waals surface area contributed by atoms with Crippen LogP contribution in [0.3, 0.4) is 0 Å². The van der Waals surface area contributed by atoms with Gasteiger partial charge in [-0.1, -0.05) is 31.2 Å². The summed E-state index contributed by atoms with van der Waals surface area (Å²) in [7, 11) is -1.97. The lowest BCUT2D eigenvalue weighted by Crippen LogP contribution is -2.23. The van der Waals surface area contributed by atoms with Gasteiger partial charge in [-0.2, -0.15) is 0 Å². The van der Waals surface area contributed by atoms with Crippen LogP contribution < -0.4 is 9.46 Å². The predicted molar refractivity (Wildman–Crippen MR) is 107 cm³/mol. The number of nitrogens with zero attached hydrogens (tertiary/aromatic N) is 1. The number of benzene rings is 2. The quantitative estimate of drug-likeness (QED) is 0.754. The Hall–Kier alpha value is -1.89. The standard InChI is InChI=1S/C21H28N2O3S/c1-3-19-14-20(10-11-21(19)26-2)27(24,25)22-15-17-6-8-18(9-7-17)16-23-12-4-5-13-23/h6-11,14,22H,3-5,12-13,15-16H2,1-2H3. The zero-order valence-electron chi connectivity index (χ0n) is 16.1. The molecule has 0 aliphatic carbocycles. The van der Waals surface area contributed by atoms with Crippen molar-refractivity contribution in [2.75, 3.05) is 20.2 Å². The molecule has 3 rings (SSSR count). The van der Waals surface area contributed by atoms with Crippen LogP contribution in [0.2, 0.25) is 0 Å². The van der Waals surface area contributed by atoms with E-state index in [9.17, 15) is 8.42 Å². The van der Waals surface area contributed by atoms with Gasteiger partial charge in [0.15, 0.2) is 0 Å². The van der Waals surface area contributed by atoms with Crippen molar-refractivity contribution in [1.29, 1.82) is 0 Å². The Morgan fingerprint density at radius 1 is 1.04 bits per heavy atom. The normalized spacial score (nSPS) is 15.2. The van der Waals surface area contributed by atoms with E-state index in [-0.39, 0.29) is 11.4 Å². The van der Waals surface area contributed by atoms with Crippen LogP contribution in [0.15, 0.2) is 47.4 Å². The highest BCUT2D eigenvalue weighted by Crippen LogP contribution is 2.23. The summed E-state index contributed by atoms with van der Waals surface area (Å²) in [4.78, 5) is 2.72. The maximum atomic E-state index is 12.6. The summed E-state index contributed by atoms with van der Waals surface area (Å²) in [5.41, 5.74) is 3.10. The van der Waals surface area contributed by atoms with Crippen molar-refractivity contribution < 1.29 is 13.2 Å². The largest absolute Gasteiger partial charge is 0.496 e.